The highest BCUT2D eigenvalue weighted by Crippen LogP contribution is 2.24. The molecule has 0 aliphatic carbocycles. The van der Waals surface area contributed by atoms with Crippen LogP contribution in [0.1, 0.15) is 11.5 Å². The summed E-state index contributed by atoms with van der Waals surface area (Å²) >= 11 is 0. The molecule has 0 atom stereocenters. The van der Waals surface area contributed by atoms with Crippen molar-refractivity contribution in [3.63, 3.8) is 0 Å². The van der Waals surface area contributed by atoms with Crippen LogP contribution in [0.15, 0.2) is 40.9 Å². The van der Waals surface area contributed by atoms with Crippen LogP contribution in [0.2, 0.25) is 0 Å². The van der Waals surface area contributed by atoms with Gasteiger partial charge in [-0.2, -0.15) is 0 Å². The van der Waals surface area contributed by atoms with Gasteiger partial charge in [-0.25, -0.2) is 0 Å². The van der Waals surface area contributed by atoms with Crippen LogP contribution in [0.25, 0.3) is 11.6 Å². The van der Waals surface area contributed by atoms with Crippen molar-refractivity contribution >= 4 is 5.91 Å². The van der Waals surface area contributed by atoms with E-state index >= 15 is 0 Å². The maximum Gasteiger partial charge on any atom is 0.264 e. The first-order valence-corrected chi connectivity index (χ1v) is 8.04. The Balaban J connectivity index is 1.67. The molecule has 1 N–H and O–H groups in total. The van der Waals surface area contributed by atoms with E-state index in [0.717, 1.165) is 5.56 Å². The molecule has 0 saturated carbocycles. The Morgan fingerprint density at radius 3 is 2.77 bits per heavy atom. The molecule has 3 rings (SSSR count). The van der Waals surface area contributed by atoms with Crippen LogP contribution in [0.3, 0.4) is 0 Å². The minimum absolute atomic E-state index is 0.135. The van der Waals surface area contributed by atoms with E-state index < -0.39 is 0 Å². The van der Waals surface area contributed by atoms with E-state index in [2.05, 4.69) is 15.5 Å². The molecule has 0 fully saturated rings. The van der Waals surface area contributed by atoms with E-state index in [0.29, 0.717) is 35.5 Å². The number of nitrogens with zero attached hydrogens (tertiary/aromatic N) is 3. The third-order valence-corrected chi connectivity index (χ3v) is 3.85. The number of aromatic nitrogens is 3. The minimum Gasteiger partial charge on any atom is -0.497 e. The lowest BCUT2D eigenvalue weighted by molar-refractivity contribution is -0.121. The van der Waals surface area contributed by atoms with Gasteiger partial charge in [0.05, 0.1) is 14.2 Å². The summed E-state index contributed by atoms with van der Waals surface area (Å²) in [5.74, 6) is 2.10. The Kier molecular flexibility index (Phi) is 5.21. The predicted octanol–water partition coefficient (Wildman–Crippen LogP) is 2.18. The molecule has 0 radical (unpaired) electrons. The summed E-state index contributed by atoms with van der Waals surface area (Å²) in [6, 6.07) is 9.10. The van der Waals surface area contributed by atoms with Gasteiger partial charge in [0.1, 0.15) is 23.7 Å². The fraction of sp³-hybridized carbons (Fsp3) is 0.278. The number of carbonyl (C=O) groups is 1. The lowest BCUT2D eigenvalue weighted by Crippen LogP contribution is -2.27. The number of benzene rings is 1. The lowest BCUT2D eigenvalue weighted by Gasteiger charge is -2.12. The lowest BCUT2D eigenvalue weighted by atomic mass is 10.2. The SMILES string of the molecule is COc1ccc(OC)c(CNC(=O)Cn2cccc2-c2nnc(C)o2)c1. The molecular weight excluding hydrogens is 336 g/mol. The average molecular weight is 356 g/mol. The van der Waals surface area contributed by atoms with Gasteiger partial charge < -0.3 is 23.8 Å². The molecule has 136 valence electrons. The molecular formula is C18H20N4O4. The zero-order chi connectivity index (χ0) is 18.5. The summed E-state index contributed by atoms with van der Waals surface area (Å²) in [4.78, 5) is 12.4. The zero-order valence-corrected chi connectivity index (χ0v) is 14.9. The number of rotatable bonds is 7. The van der Waals surface area contributed by atoms with Crippen LogP contribution in [-0.4, -0.2) is 34.9 Å². The number of carbonyl (C=O) groups excluding carboxylic acids is 1. The van der Waals surface area contributed by atoms with Crippen molar-refractivity contribution in [2.45, 2.75) is 20.0 Å². The Bertz CT molecular complexity index is 900. The standard InChI is InChI=1S/C18H20N4O4/c1-12-20-21-18(26-12)15-5-4-8-22(15)11-17(23)19-10-13-9-14(24-2)6-7-16(13)25-3/h4-9H,10-11H2,1-3H3,(H,19,23). The van der Waals surface area contributed by atoms with Gasteiger partial charge in [0, 0.05) is 25.2 Å². The van der Waals surface area contributed by atoms with Crippen LogP contribution in [0.5, 0.6) is 11.5 Å². The summed E-state index contributed by atoms with van der Waals surface area (Å²) in [6.45, 7) is 2.18. The molecule has 8 nitrogen and oxygen atoms in total. The maximum absolute atomic E-state index is 12.4. The summed E-state index contributed by atoms with van der Waals surface area (Å²) in [5, 5.41) is 10.7. The molecule has 2 heterocycles. The van der Waals surface area contributed by atoms with Gasteiger partial charge in [0.2, 0.25) is 11.8 Å². The van der Waals surface area contributed by atoms with E-state index in [9.17, 15) is 4.79 Å². The normalized spacial score (nSPS) is 10.6. The molecule has 0 bridgehead atoms. The number of amides is 1. The summed E-state index contributed by atoms with van der Waals surface area (Å²) in [7, 11) is 3.18. The highest BCUT2D eigenvalue weighted by atomic mass is 16.5. The van der Waals surface area contributed by atoms with Gasteiger partial charge in [-0.15, -0.1) is 10.2 Å². The van der Waals surface area contributed by atoms with Crippen molar-refractivity contribution in [3.05, 3.63) is 48.0 Å². The first-order valence-electron chi connectivity index (χ1n) is 8.04. The smallest absolute Gasteiger partial charge is 0.264 e. The molecule has 1 aromatic carbocycles. The Labute approximate surface area is 150 Å². The van der Waals surface area contributed by atoms with Gasteiger partial charge >= 0.3 is 0 Å². The summed E-state index contributed by atoms with van der Waals surface area (Å²) < 4.78 is 17.7. The van der Waals surface area contributed by atoms with Crippen molar-refractivity contribution in [3.8, 4) is 23.1 Å². The first kappa shape index (κ1) is 17.5. The predicted molar refractivity (Wildman–Crippen MR) is 93.9 cm³/mol. The zero-order valence-electron chi connectivity index (χ0n) is 14.9. The fourth-order valence-corrected chi connectivity index (χ4v) is 2.57. The second-order valence-corrected chi connectivity index (χ2v) is 5.60. The molecule has 0 spiro atoms. The Morgan fingerprint density at radius 2 is 2.08 bits per heavy atom. The maximum atomic E-state index is 12.4. The third-order valence-electron chi connectivity index (χ3n) is 3.85. The van der Waals surface area contributed by atoms with E-state index in [-0.39, 0.29) is 12.5 Å². The topological polar surface area (TPSA) is 91.4 Å². The average Bonchev–Trinajstić information content (AvgIpc) is 3.28. The number of nitrogens with one attached hydrogen (secondary N) is 1. The molecule has 0 aliphatic heterocycles. The molecule has 26 heavy (non-hydrogen) atoms. The van der Waals surface area contributed by atoms with Gasteiger partial charge in [-0.05, 0) is 30.3 Å². The molecule has 0 saturated heterocycles. The van der Waals surface area contributed by atoms with Gasteiger partial charge in [-0.1, -0.05) is 0 Å². The Hall–Kier alpha value is -3.29. The Morgan fingerprint density at radius 1 is 1.23 bits per heavy atom. The minimum atomic E-state index is -0.149. The van der Waals surface area contributed by atoms with Gasteiger partial charge in [0.25, 0.3) is 5.89 Å². The molecule has 0 aliphatic rings. The first-order chi connectivity index (χ1) is 12.6. The molecule has 1 amide bonds. The van der Waals surface area contributed by atoms with Crippen molar-refractivity contribution in [1.29, 1.82) is 0 Å². The highest BCUT2D eigenvalue weighted by Gasteiger charge is 2.13. The van der Waals surface area contributed by atoms with Crippen LogP contribution in [0, 0.1) is 6.92 Å². The monoisotopic (exact) mass is 356 g/mol. The molecule has 2 aromatic heterocycles. The van der Waals surface area contributed by atoms with Gasteiger partial charge in [0.15, 0.2) is 0 Å². The van der Waals surface area contributed by atoms with Crippen molar-refractivity contribution < 1.29 is 18.7 Å². The van der Waals surface area contributed by atoms with Crippen molar-refractivity contribution in [2.24, 2.45) is 0 Å². The van der Waals surface area contributed by atoms with E-state index in [1.807, 2.05) is 30.3 Å². The molecule has 3 aromatic rings. The number of hydrogen-bond donors (Lipinski definition) is 1. The number of aryl methyl sites for hydroxylation is 1. The molecule has 0 unspecified atom stereocenters. The number of methoxy groups -OCH3 is 2. The van der Waals surface area contributed by atoms with Crippen LogP contribution < -0.4 is 14.8 Å². The van der Waals surface area contributed by atoms with E-state index in [1.165, 1.54) is 0 Å². The second-order valence-electron chi connectivity index (χ2n) is 5.60. The summed E-state index contributed by atoms with van der Waals surface area (Å²) in [5.41, 5.74) is 1.53. The van der Waals surface area contributed by atoms with Crippen LogP contribution in [-0.2, 0) is 17.9 Å². The van der Waals surface area contributed by atoms with Crippen molar-refractivity contribution in [1.82, 2.24) is 20.1 Å². The van der Waals surface area contributed by atoms with Crippen LogP contribution >= 0.6 is 0 Å². The van der Waals surface area contributed by atoms with Crippen molar-refractivity contribution in [2.75, 3.05) is 14.2 Å². The van der Waals surface area contributed by atoms with Gasteiger partial charge in [-0.3, -0.25) is 4.79 Å². The van der Waals surface area contributed by atoms with E-state index in [1.54, 1.807) is 31.9 Å². The molecule has 8 heteroatoms. The number of hydrogen-bond acceptors (Lipinski definition) is 6. The van der Waals surface area contributed by atoms with E-state index in [4.69, 9.17) is 13.9 Å². The highest BCUT2D eigenvalue weighted by molar-refractivity contribution is 5.76. The fourth-order valence-electron chi connectivity index (χ4n) is 2.57. The second kappa shape index (κ2) is 7.73. The number of ether oxygens (including phenoxy) is 2. The van der Waals surface area contributed by atoms with Crippen LogP contribution in [0.4, 0.5) is 0 Å². The summed E-state index contributed by atoms with van der Waals surface area (Å²) in [6.07, 6.45) is 1.79. The quantitative estimate of drug-likeness (QED) is 0.698. The third kappa shape index (κ3) is 3.85. The largest absolute Gasteiger partial charge is 0.497 e.